The van der Waals surface area contributed by atoms with Crippen LogP contribution in [0.2, 0.25) is 0 Å². The molecule has 1 atom stereocenters. The molecule has 12 aromatic rings. The zero-order valence-corrected chi connectivity index (χ0v) is 41.4. The van der Waals surface area contributed by atoms with Gasteiger partial charge in [0, 0.05) is 0 Å². The van der Waals surface area contributed by atoms with Crippen molar-refractivity contribution < 1.29 is 0 Å². The van der Waals surface area contributed by atoms with Gasteiger partial charge in [0.2, 0.25) is 0 Å². The molecule has 0 saturated carbocycles. The standard InChI is InChI=1S/C67H41BN4Se/c1-41-37-59-62-60(38-41)72(55-32-15-10-24-46(55)44-21-6-3-7-22-44)64-61-49-26-8-12-28-50(49)67(51-29-18-27-48-47-25-11-16-33-56(47)71(63(48)51)57-36-35-42(40-69)39-52(57)67)65(61)73-66(64)68(62)53-30-13-17-34-58(53)70(59)54-31-14-9-23-45(54)43-19-4-2-5-20-43/h2-39H,1H3. The molecule has 1 spiro atoms. The van der Waals surface area contributed by atoms with Crippen molar-refractivity contribution in [2.45, 2.75) is 12.3 Å². The molecule has 16 rings (SSSR count). The Kier molecular flexibility index (Phi) is 8.44. The molecule has 0 N–H and O–H groups in total. The van der Waals surface area contributed by atoms with Crippen LogP contribution in [-0.4, -0.2) is 25.8 Å². The maximum absolute atomic E-state index is 10.8. The molecule has 3 aliphatic heterocycles. The third kappa shape index (κ3) is 5.30. The van der Waals surface area contributed by atoms with Gasteiger partial charge in [-0.1, -0.05) is 0 Å². The van der Waals surface area contributed by atoms with Gasteiger partial charge in [-0.15, -0.1) is 0 Å². The molecule has 2 aromatic heterocycles. The summed E-state index contributed by atoms with van der Waals surface area (Å²) in [6.45, 7) is 2.25. The Morgan fingerprint density at radius 2 is 1.07 bits per heavy atom. The zero-order valence-electron chi connectivity index (χ0n) is 39.7. The van der Waals surface area contributed by atoms with Crippen molar-refractivity contribution in [2.75, 3.05) is 9.80 Å². The minimum absolute atomic E-state index is 0.0253. The van der Waals surface area contributed by atoms with E-state index >= 15 is 0 Å². The van der Waals surface area contributed by atoms with E-state index in [0.717, 1.165) is 17.1 Å². The summed E-state index contributed by atoms with van der Waals surface area (Å²) in [5.41, 5.74) is 25.7. The zero-order chi connectivity index (χ0) is 48.1. The number of para-hydroxylation sites is 5. The van der Waals surface area contributed by atoms with E-state index in [2.05, 4.69) is 252 Å². The number of hydrogen-bond donors (Lipinski definition) is 0. The van der Waals surface area contributed by atoms with Crippen LogP contribution in [0.5, 0.6) is 0 Å². The molecule has 4 aliphatic rings. The van der Waals surface area contributed by atoms with Crippen LogP contribution in [0.4, 0.5) is 34.1 Å². The minimum atomic E-state index is -0.681. The van der Waals surface area contributed by atoms with E-state index in [0.29, 0.717) is 5.56 Å². The van der Waals surface area contributed by atoms with Gasteiger partial charge < -0.3 is 0 Å². The van der Waals surface area contributed by atoms with Crippen molar-refractivity contribution in [3.05, 3.63) is 263 Å². The summed E-state index contributed by atoms with van der Waals surface area (Å²) in [4.78, 5) is 5.25. The molecule has 10 aromatic carbocycles. The van der Waals surface area contributed by atoms with Crippen LogP contribution in [0.25, 0.3) is 60.9 Å². The Morgan fingerprint density at radius 3 is 1.81 bits per heavy atom. The number of aryl methyl sites for hydroxylation is 1. The third-order valence-corrected chi connectivity index (χ3v) is 19.1. The first-order valence-electron chi connectivity index (χ1n) is 25.1. The molecule has 4 nitrogen and oxygen atoms in total. The van der Waals surface area contributed by atoms with Gasteiger partial charge in [-0.25, -0.2) is 0 Å². The van der Waals surface area contributed by atoms with Crippen LogP contribution in [0.15, 0.2) is 231 Å². The van der Waals surface area contributed by atoms with E-state index in [1.54, 1.807) is 0 Å². The van der Waals surface area contributed by atoms with E-state index < -0.39 is 5.41 Å². The molecular weight excluding hydrogens is 951 g/mol. The van der Waals surface area contributed by atoms with Crippen LogP contribution >= 0.6 is 0 Å². The van der Waals surface area contributed by atoms with Gasteiger partial charge in [-0.05, 0) is 0 Å². The number of fused-ring (bicyclic) bond motifs is 17. The predicted molar refractivity (Wildman–Crippen MR) is 303 cm³/mol. The second kappa shape index (κ2) is 15.1. The Hall–Kier alpha value is -8.85. The van der Waals surface area contributed by atoms with E-state index in [4.69, 9.17) is 0 Å². The first-order valence-corrected chi connectivity index (χ1v) is 26.8. The molecule has 0 saturated heterocycles. The molecule has 5 heterocycles. The first kappa shape index (κ1) is 40.8. The molecule has 0 fully saturated rings. The fraction of sp³-hybridized carbons (Fsp3) is 0.0299. The number of nitrogens with zero attached hydrogens (tertiary/aromatic N) is 4. The van der Waals surface area contributed by atoms with E-state index in [1.807, 2.05) is 6.07 Å². The van der Waals surface area contributed by atoms with Crippen molar-refractivity contribution in [3.63, 3.8) is 0 Å². The SMILES string of the molecule is Cc1cc2c3c(c1)N(c1ccccc1-c1ccccc1)c1c([se]c4c1-c1ccccc1C41c4cc(C#N)ccc4-n4c5ccccc5c5cccc1c54)B3c1ccccc1N2c1ccccc1-c1ccccc1. The topological polar surface area (TPSA) is 35.2 Å². The van der Waals surface area contributed by atoms with Gasteiger partial charge >= 0.3 is 432 Å². The van der Waals surface area contributed by atoms with Crippen LogP contribution in [0.3, 0.4) is 0 Å². The molecule has 0 amide bonds. The average molecular weight is 992 g/mol. The summed E-state index contributed by atoms with van der Waals surface area (Å²) < 4.78 is 5.39. The Morgan fingerprint density at radius 1 is 0.479 bits per heavy atom. The monoisotopic (exact) mass is 992 g/mol. The number of nitriles is 1. The summed E-state index contributed by atoms with van der Waals surface area (Å²) in [6.07, 6.45) is 0. The summed E-state index contributed by atoms with van der Waals surface area (Å²) in [7, 11) is 0. The van der Waals surface area contributed by atoms with Crippen LogP contribution in [0, 0.1) is 18.3 Å². The molecule has 338 valence electrons. The summed E-state index contributed by atoms with van der Waals surface area (Å²) in [5.74, 6) is 0. The van der Waals surface area contributed by atoms with Crippen LogP contribution in [0.1, 0.15) is 32.3 Å². The average Bonchev–Trinajstić information content (AvgIpc) is 4.15. The van der Waals surface area contributed by atoms with E-state index in [-0.39, 0.29) is 21.2 Å². The summed E-state index contributed by atoms with van der Waals surface area (Å²) in [6, 6.07) is 88.0. The second-order valence-corrected chi connectivity index (χ2v) is 22.1. The number of rotatable bonds is 4. The molecule has 1 aliphatic carbocycles. The van der Waals surface area contributed by atoms with E-state index in [9.17, 15) is 5.26 Å². The van der Waals surface area contributed by atoms with Gasteiger partial charge in [0.25, 0.3) is 0 Å². The number of hydrogen-bond acceptors (Lipinski definition) is 3. The maximum atomic E-state index is 10.8. The van der Waals surface area contributed by atoms with Gasteiger partial charge in [0.1, 0.15) is 0 Å². The van der Waals surface area contributed by atoms with Crippen molar-refractivity contribution in [3.8, 4) is 45.1 Å². The second-order valence-electron chi connectivity index (χ2n) is 19.9. The van der Waals surface area contributed by atoms with Crippen molar-refractivity contribution in [1.82, 2.24) is 4.57 Å². The molecule has 0 radical (unpaired) electrons. The summed E-state index contributed by atoms with van der Waals surface area (Å²) >= 11 is -0.193. The van der Waals surface area contributed by atoms with Gasteiger partial charge in [-0.3, -0.25) is 0 Å². The fourth-order valence-electron chi connectivity index (χ4n) is 13.5. The van der Waals surface area contributed by atoms with Gasteiger partial charge in [0.05, 0.1) is 0 Å². The number of benzene rings is 10. The molecule has 0 bridgehead atoms. The Balaban J connectivity index is 1.07. The predicted octanol–water partition coefficient (Wildman–Crippen LogP) is 14.1. The Bertz CT molecular complexity index is 4390. The normalized spacial score (nSPS) is 15.2. The first-order chi connectivity index (χ1) is 36.1. The third-order valence-electron chi connectivity index (χ3n) is 16.2. The summed E-state index contributed by atoms with van der Waals surface area (Å²) in [5, 5.41) is 13.3. The van der Waals surface area contributed by atoms with Crippen LogP contribution in [-0.2, 0) is 5.41 Å². The number of anilines is 6. The molecular formula is C67H41BN4Se. The van der Waals surface area contributed by atoms with Gasteiger partial charge in [-0.2, -0.15) is 0 Å². The molecule has 6 heteroatoms. The van der Waals surface area contributed by atoms with Crippen LogP contribution < -0.4 is 25.1 Å². The quantitative estimate of drug-likeness (QED) is 0.165. The molecule has 1 unspecified atom stereocenters. The van der Waals surface area contributed by atoms with Crippen molar-refractivity contribution >= 4 is 92.4 Å². The number of aromatic nitrogens is 1. The Labute approximate surface area is 429 Å². The van der Waals surface area contributed by atoms with Crippen molar-refractivity contribution in [1.29, 1.82) is 5.26 Å². The van der Waals surface area contributed by atoms with E-state index in [1.165, 1.54) is 120 Å². The van der Waals surface area contributed by atoms with Gasteiger partial charge in [0.15, 0.2) is 0 Å². The van der Waals surface area contributed by atoms with Crippen molar-refractivity contribution in [2.24, 2.45) is 0 Å². The molecule has 73 heavy (non-hydrogen) atoms. The fourth-order valence-corrected chi connectivity index (χ4v) is 17.0.